The number of rotatable bonds is 5. The number of methoxy groups -OCH3 is 1. The van der Waals surface area contributed by atoms with Crippen molar-refractivity contribution in [3.05, 3.63) is 35.4 Å². The van der Waals surface area contributed by atoms with Crippen LogP contribution in [0.2, 0.25) is 0 Å². The van der Waals surface area contributed by atoms with Crippen molar-refractivity contribution in [2.75, 3.05) is 7.11 Å². The van der Waals surface area contributed by atoms with Gasteiger partial charge in [0.15, 0.2) is 0 Å². The lowest BCUT2D eigenvalue weighted by Gasteiger charge is -2.09. The van der Waals surface area contributed by atoms with E-state index in [0.717, 1.165) is 12.0 Å². The van der Waals surface area contributed by atoms with Gasteiger partial charge in [0, 0.05) is 13.5 Å². The van der Waals surface area contributed by atoms with Crippen molar-refractivity contribution in [3.8, 4) is 11.8 Å². The van der Waals surface area contributed by atoms with E-state index in [-0.39, 0.29) is 11.9 Å². The number of benzene rings is 1. The summed E-state index contributed by atoms with van der Waals surface area (Å²) in [7, 11) is 1.65. The van der Waals surface area contributed by atoms with Crippen LogP contribution in [0, 0.1) is 11.8 Å². The third-order valence-corrected chi connectivity index (χ3v) is 2.56. The van der Waals surface area contributed by atoms with Crippen LogP contribution in [-0.2, 0) is 16.0 Å². The van der Waals surface area contributed by atoms with Crippen molar-refractivity contribution in [1.82, 2.24) is 0 Å². The third kappa shape index (κ3) is 4.42. The van der Waals surface area contributed by atoms with Crippen LogP contribution in [0.25, 0.3) is 0 Å². The van der Waals surface area contributed by atoms with E-state index in [4.69, 9.17) is 4.74 Å². The summed E-state index contributed by atoms with van der Waals surface area (Å²) in [6, 6.07) is 8.07. The van der Waals surface area contributed by atoms with Gasteiger partial charge in [0.2, 0.25) is 0 Å². The molecule has 1 unspecified atom stereocenters. The Morgan fingerprint density at radius 3 is 2.47 bits per heavy atom. The molecule has 0 N–H and O–H groups in total. The first-order chi connectivity index (χ1) is 8.17. The van der Waals surface area contributed by atoms with Gasteiger partial charge in [-0.25, -0.2) is 0 Å². The van der Waals surface area contributed by atoms with Gasteiger partial charge in [-0.05, 0) is 31.4 Å². The lowest BCUT2D eigenvalue weighted by Crippen LogP contribution is -1.99. The quantitative estimate of drug-likeness (QED) is 0.727. The second kappa shape index (κ2) is 6.88. The number of hydrogen-bond donors (Lipinski definition) is 0. The fourth-order valence-corrected chi connectivity index (χ4v) is 1.59. The first-order valence-corrected chi connectivity index (χ1v) is 5.70. The van der Waals surface area contributed by atoms with Crippen molar-refractivity contribution in [1.29, 1.82) is 0 Å². The highest BCUT2D eigenvalue weighted by Gasteiger charge is 2.06. The normalized spacial score (nSPS) is 11.5. The number of carbonyl (C=O) groups is 1. The zero-order chi connectivity index (χ0) is 12.7. The minimum Gasteiger partial charge on any atom is -0.364 e. The summed E-state index contributed by atoms with van der Waals surface area (Å²) in [6.45, 7) is 3.42. The van der Waals surface area contributed by atoms with Crippen LogP contribution in [0.1, 0.15) is 37.5 Å². The maximum Gasteiger partial charge on any atom is 0.143 e. The molecule has 0 aromatic heterocycles. The summed E-state index contributed by atoms with van der Waals surface area (Å²) in [4.78, 5) is 10.9. The lowest BCUT2D eigenvalue weighted by molar-refractivity contribution is -0.116. The fraction of sp³-hybridized carbons (Fsp3) is 0.400. The van der Waals surface area contributed by atoms with E-state index in [0.29, 0.717) is 6.42 Å². The van der Waals surface area contributed by atoms with E-state index >= 15 is 0 Å². The molecule has 0 saturated heterocycles. The molecule has 0 amide bonds. The highest BCUT2D eigenvalue weighted by atomic mass is 16.5. The van der Waals surface area contributed by atoms with Gasteiger partial charge in [-0.15, -0.1) is 5.92 Å². The van der Waals surface area contributed by atoms with Crippen molar-refractivity contribution < 1.29 is 9.53 Å². The van der Waals surface area contributed by atoms with Crippen LogP contribution in [0.3, 0.4) is 0 Å². The molecule has 0 fully saturated rings. The Balaban J connectivity index is 2.71. The minimum absolute atomic E-state index is 0.165. The molecule has 1 aromatic rings. The molecular weight excluding hydrogens is 212 g/mol. The Kier molecular flexibility index (Phi) is 5.45. The van der Waals surface area contributed by atoms with Crippen LogP contribution in [0.4, 0.5) is 0 Å². The highest BCUT2D eigenvalue weighted by molar-refractivity contribution is 5.75. The highest BCUT2D eigenvalue weighted by Crippen LogP contribution is 2.17. The molecule has 0 aliphatic carbocycles. The van der Waals surface area contributed by atoms with Crippen molar-refractivity contribution in [2.24, 2.45) is 0 Å². The summed E-state index contributed by atoms with van der Waals surface area (Å²) in [5, 5.41) is 0. The number of ketones is 1. The zero-order valence-corrected chi connectivity index (χ0v) is 10.6. The number of hydrogen-bond acceptors (Lipinski definition) is 2. The van der Waals surface area contributed by atoms with Gasteiger partial charge in [-0.3, -0.25) is 0 Å². The topological polar surface area (TPSA) is 26.3 Å². The number of ether oxygens (including phenoxy) is 1. The molecular formula is C15H18O2. The standard InChI is InChI=1S/C15H18O2/c1-4-5-15(17-3)14-10-8-13(9-11-14)7-6-12(2)16/h8-11,15H,6-7H2,1-3H3. The summed E-state index contributed by atoms with van der Waals surface area (Å²) in [5.74, 6) is 6.07. The number of carbonyl (C=O) groups excluding carboxylic acids is 1. The molecule has 0 heterocycles. The van der Waals surface area contributed by atoms with Crippen LogP contribution in [0.15, 0.2) is 24.3 Å². The summed E-state index contributed by atoms with van der Waals surface area (Å²) in [6.07, 6.45) is 1.23. The van der Waals surface area contributed by atoms with E-state index < -0.39 is 0 Å². The van der Waals surface area contributed by atoms with Gasteiger partial charge in [-0.1, -0.05) is 30.2 Å². The van der Waals surface area contributed by atoms with E-state index in [9.17, 15) is 4.79 Å². The molecule has 90 valence electrons. The smallest absolute Gasteiger partial charge is 0.143 e. The van der Waals surface area contributed by atoms with Crippen LogP contribution < -0.4 is 0 Å². The van der Waals surface area contributed by atoms with Gasteiger partial charge in [0.25, 0.3) is 0 Å². The van der Waals surface area contributed by atoms with Gasteiger partial charge in [0.1, 0.15) is 11.9 Å². The Hall–Kier alpha value is -1.59. The number of Topliss-reactive ketones (excluding diaryl/α,β-unsaturated/α-hetero) is 1. The average Bonchev–Trinajstić information content (AvgIpc) is 2.34. The van der Waals surface area contributed by atoms with Crippen LogP contribution >= 0.6 is 0 Å². The van der Waals surface area contributed by atoms with Crippen molar-refractivity contribution in [3.63, 3.8) is 0 Å². The lowest BCUT2D eigenvalue weighted by atomic mass is 10.0. The van der Waals surface area contributed by atoms with Crippen LogP contribution in [0.5, 0.6) is 0 Å². The van der Waals surface area contributed by atoms with Crippen LogP contribution in [-0.4, -0.2) is 12.9 Å². The first kappa shape index (κ1) is 13.5. The molecule has 1 atom stereocenters. The van der Waals surface area contributed by atoms with E-state index in [1.807, 2.05) is 24.3 Å². The second-order valence-corrected chi connectivity index (χ2v) is 3.95. The van der Waals surface area contributed by atoms with Gasteiger partial charge < -0.3 is 9.53 Å². The van der Waals surface area contributed by atoms with E-state index in [1.165, 1.54) is 5.56 Å². The maximum atomic E-state index is 10.9. The van der Waals surface area contributed by atoms with Gasteiger partial charge in [0.05, 0.1) is 0 Å². The fourth-order valence-electron chi connectivity index (χ4n) is 1.59. The Labute approximate surface area is 103 Å². The largest absolute Gasteiger partial charge is 0.364 e. The number of aryl methyl sites for hydroxylation is 1. The predicted octanol–water partition coefficient (Wildman–Crippen LogP) is 2.92. The molecule has 2 nitrogen and oxygen atoms in total. The summed E-state index contributed by atoms with van der Waals surface area (Å²) in [5.41, 5.74) is 2.22. The van der Waals surface area contributed by atoms with Gasteiger partial charge >= 0.3 is 0 Å². The van der Waals surface area contributed by atoms with Gasteiger partial charge in [-0.2, -0.15) is 0 Å². The van der Waals surface area contributed by atoms with E-state index in [1.54, 1.807) is 21.0 Å². The third-order valence-electron chi connectivity index (χ3n) is 2.56. The minimum atomic E-state index is -0.165. The average molecular weight is 230 g/mol. The molecule has 0 bridgehead atoms. The Morgan fingerprint density at radius 1 is 1.35 bits per heavy atom. The first-order valence-electron chi connectivity index (χ1n) is 5.70. The molecule has 1 aromatic carbocycles. The predicted molar refractivity (Wildman–Crippen MR) is 68.6 cm³/mol. The molecule has 1 rings (SSSR count). The molecule has 0 aliphatic rings. The molecule has 0 spiro atoms. The monoisotopic (exact) mass is 230 g/mol. The molecule has 0 aliphatic heterocycles. The summed E-state index contributed by atoms with van der Waals surface area (Å²) >= 11 is 0. The Bertz CT molecular complexity index is 420. The molecule has 0 saturated carbocycles. The second-order valence-electron chi connectivity index (χ2n) is 3.95. The Morgan fingerprint density at radius 2 is 2.00 bits per heavy atom. The zero-order valence-electron chi connectivity index (χ0n) is 10.6. The molecule has 17 heavy (non-hydrogen) atoms. The maximum absolute atomic E-state index is 10.9. The SMILES string of the molecule is CC#CC(OC)c1ccc(CCC(C)=O)cc1. The molecule has 0 radical (unpaired) electrons. The van der Waals surface area contributed by atoms with Crippen molar-refractivity contribution in [2.45, 2.75) is 32.8 Å². The van der Waals surface area contributed by atoms with E-state index in [2.05, 4.69) is 11.8 Å². The summed E-state index contributed by atoms with van der Waals surface area (Å²) < 4.78 is 5.29. The molecule has 2 heteroatoms. The van der Waals surface area contributed by atoms with Crippen molar-refractivity contribution >= 4 is 5.78 Å².